The first-order valence-electron chi connectivity index (χ1n) is 8.62. The summed E-state index contributed by atoms with van der Waals surface area (Å²) in [7, 11) is 3.96. The Bertz CT molecular complexity index is 985. The molecule has 0 radical (unpaired) electrons. The number of rotatable bonds is 6. The SMILES string of the molecule is Cc1cc(N(C)C)ccc1NC(=O)CCCn1c(=O)oc2ccccc21. The molecule has 0 atom stereocenters. The summed E-state index contributed by atoms with van der Waals surface area (Å²) < 4.78 is 6.77. The molecule has 1 N–H and O–H groups in total. The van der Waals surface area contributed by atoms with Gasteiger partial charge in [-0.05, 0) is 49.2 Å². The van der Waals surface area contributed by atoms with Gasteiger partial charge in [0.05, 0.1) is 5.52 Å². The molecule has 0 unspecified atom stereocenters. The van der Waals surface area contributed by atoms with Crippen LogP contribution in [-0.2, 0) is 11.3 Å². The number of para-hydroxylation sites is 2. The number of hydrogen-bond acceptors (Lipinski definition) is 4. The third-order valence-corrected chi connectivity index (χ3v) is 4.36. The maximum atomic E-state index is 12.2. The molecule has 1 aromatic heterocycles. The highest BCUT2D eigenvalue weighted by molar-refractivity contribution is 5.91. The first-order valence-corrected chi connectivity index (χ1v) is 8.62. The average molecular weight is 353 g/mol. The van der Waals surface area contributed by atoms with Gasteiger partial charge in [0.2, 0.25) is 5.91 Å². The van der Waals surface area contributed by atoms with E-state index in [0.29, 0.717) is 25.0 Å². The maximum Gasteiger partial charge on any atom is 0.419 e. The van der Waals surface area contributed by atoms with Gasteiger partial charge in [0, 0.05) is 38.4 Å². The number of nitrogens with zero attached hydrogens (tertiary/aromatic N) is 2. The van der Waals surface area contributed by atoms with Crippen LogP contribution in [0, 0.1) is 6.92 Å². The van der Waals surface area contributed by atoms with Crippen molar-refractivity contribution in [1.29, 1.82) is 0 Å². The van der Waals surface area contributed by atoms with E-state index in [-0.39, 0.29) is 11.7 Å². The molecule has 136 valence electrons. The Morgan fingerprint density at radius 2 is 1.96 bits per heavy atom. The summed E-state index contributed by atoms with van der Waals surface area (Å²) in [5.74, 6) is -0.451. The molecule has 1 heterocycles. The van der Waals surface area contributed by atoms with Gasteiger partial charge >= 0.3 is 5.76 Å². The molecule has 0 aliphatic rings. The standard InChI is InChI=1S/C20H23N3O3/c1-14-13-15(22(2)3)10-11-16(14)21-19(24)9-6-12-23-17-7-4-5-8-18(17)26-20(23)25/h4-5,7-8,10-11,13H,6,9,12H2,1-3H3,(H,21,24). The molecule has 3 rings (SSSR count). The topological polar surface area (TPSA) is 67.5 Å². The lowest BCUT2D eigenvalue weighted by atomic mass is 10.1. The minimum atomic E-state index is -0.387. The molecule has 1 amide bonds. The van der Waals surface area contributed by atoms with Crippen molar-refractivity contribution in [3.63, 3.8) is 0 Å². The van der Waals surface area contributed by atoms with Crippen LogP contribution in [0.4, 0.5) is 11.4 Å². The van der Waals surface area contributed by atoms with Gasteiger partial charge in [-0.25, -0.2) is 4.79 Å². The molecule has 0 saturated heterocycles. The Kier molecular flexibility index (Phi) is 5.11. The first kappa shape index (κ1) is 17.8. The molecule has 0 bridgehead atoms. The summed E-state index contributed by atoms with van der Waals surface area (Å²) in [6, 6.07) is 13.2. The first-order chi connectivity index (χ1) is 12.5. The van der Waals surface area contributed by atoms with Crippen molar-refractivity contribution in [2.75, 3.05) is 24.3 Å². The van der Waals surface area contributed by atoms with E-state index >= 15 is 0 Å². The lowest BCUT2D eigenvalue weighted by Gasteiger charge is -2.15. The molecule has 3 aromatic rings. The number of benzene rings is 2. The van der Waals surface area contributed by atoms with Crippen LogP contribution in [0.25, 0.3) is 11.1 Å². The Morgan fingerprint density at radius 1 is 1.19 bits per heavy atom. The maximum absolute atomic E-state index is 12.2. The number of oxazole rings is 1. The van der Waals surface area contributed by atoms with Crippen LogP contribution >= 0.6 is 0 Å². The van der Waals surface area contributed by atoms with Gasteiger partial charge in [-0.3, -0.25) is 9.36 Å². The third-order valence-electron chi connectivity index (χ3n) is 4.36. The summed E-state index contributed by atoms with van der Waals surface area (Å²) in [5, 5.41) is 2.94. The van der Waals surface area contributed by atoms with Crippen LogP contribution in [0.3, 0.4) is 0 Å². The minimum Gasteiger partial charge on any atom is -0.408 e. The Balaban J connectivity index is 1.59. The number of anilines is 2. The number of carbonyl (C=O) groups is 1. The fraction of sp³-hybridized carbons (Fsp3) is 0.300. The van der Waals surface area contributed by atoms with E-state index in [1.807, 2.05) is 62.3 Å². The summed E-state index contributed by atoms with van der Waals surface area (Å²) in [5.41, 5.74) is 4.24. The molecule has 0 spiro atoms. The normalized spacial score (nSPS) is 10.9. The predicted molar refractivity (Wildman–Crippen MR) is 104 cm³/mol. The van der Waals surface area contributed by atoms with E-state index in [2.05, 4.69) is 5.32 Å². The highest BCUT2D eigenvalue weighted by atomic mass is 16.4. The highest BCUT2D eigenvalue weighted by Gasteiger charge is 2.10. The number of aryl methyl sites for hydroxylation is 2. The van der Waals surface area contributed by atoms with Crippen LogP contribution in [0.2, 0.25) is 0 Å². The smallest absolute Gasteiger partial charge is 0.408 e. The van der Waals surface area contributed by atoms with E-state index in [1.54, 1.807) is 10.6 Å². The molecule has 26 heavy (non-hydrogen) atoms. The van der Waals surface area contributed by atoms with Crippen LogP contribution in [0.5, 0.6) is 0 Å². The molecular weight excluding hydrogens is 330 g/mol. The Hall–Kier alpha value is -3.02. The second kappa shape index (κ2) is 7.47. The minimum absolute atomic E-state index is 0.0634. The Morgan fingerprint density at radius 3 is 2.69 bits per heavy atom. The molecule has 6 nitrogen and oxygen atoms in total. The largest absolute Gasteiger partial charge is 0.419 e. The monoisotopic (exact) mass is 353 g/mol. The summed E-state index contributed by atoms with van der Waals surface area (Å²) in [4.78, 5) is 26.2. The van der Waals surface area contributed by atoms with Gasteiger partial charge in [-0.2, -0.15) is 0 Å². The second-order valence-corrected chi connectivity index (χ2v) is 6.53. The van der Waals surface area contributed by atoms with Crippen molar-refractivity contribution >= 4 is 28.4 Å². The van der Waals surface area contributed by atoms with E-state index in [4.69, 9.17) is 4.42 Å². The van der Waals surface area contributed by atoms with Crippen LogP contribution < -0.4 is 16.0 Å². The van der Waals surface area contributed by atoms with Crippen LogP contribution in [0.1, 0.15) is 18.4 Å². The Labute approximate surface area is 152 Å². The van der Waals surface area contributed by atoms with Crippen LogP contribution in [0.15, 0.2) is 51.7 Å². The number of hydrogen-bond donors (Lipinski definition) is 1. The number of fused-ring (bicyclic) bond motifs is 1. The zero-order valence-corrected chi connectivity index (χ0v) is 15.3. The lowest BCUT2D eigenvalue weighted by molar-refractivity contribution is -0.116. The van der Waals surface area contributed by atoms with E-state index in [9.17, 15) is 9.59 Å². The molecule has 0 aliphatic heterocycles. The second-order valence-electron chi connectivity index (χ2n) is 6.53. The zero-order valence-electron chi connectivity index (χ0n) is 15.3. The fourth-order valence-electron chi connectivity index (χ4n) is 2.90. The van der Waals surface area contributed by atoms with Crippen molar-refractivity contribution < 1.29 is 9.21 Å². The highest BCUT2D eigenvalue weighted by Crippen LogP contribution is 2.21. The summed E-state index contributed by atoms with van der Waals surface area (Å²) >= 11 is 0. The summed E-state index contributed by atoms with van der Waals surface area (Å²) in [6.45, 7) is 2.42. The number of aromatic nitrogens is 1. The molecule has 0 saturated carbocycles. The fourth-order valence-corrected chi connectivity index (χ4v) is 2.90. The van der Waals surface area contributed by atoms with Gasteiger partial charge in [0.1, 0.15) is 0 Å². The number of amides is 1. The number of carbonyl (C=O) groups excluding carboxylic acids is 1. The van der Waals surface area contributed by atoms with Crippen LogP contribution in [-0.4, -0.2) is 24.6 Å². The quantitative estimate of drug-likeness (QED) is 0.738. The van der Waals surface area contributed by atoms with Crippen molar-refractivity contribution in [1.82, 2.24) is 4.57 Å². The third kappa shape index (κ3) is 3.79. The molecule has 2 aromatic carbocycles. The lowest BCUT2D eigenvalue weighted by Crippen LogP contribution is -2.17. The average Bonchev–Trinajstić information content (AvgIpc) is 2.92. The van der Waals surface area contributed by atoms with Crippen molar-refractivity contribution in [2.24, 2.45) is 0 Å². The molecule has 0 aliphatic carbocycles. The number of nitrogens with one attached hydrogen (secondary N) is 1. The van der Waals surface area contributed by atoms with Gasteiger partial charge < -0.3 is 14.6 Å². The zero-order chi connectivity index (χ0) is 18.7. The predicted octanol–water partition coefficient (Wildman–Crippen LogP) is 3.39. The van der Waals surface area contributed by atoms with Gasteiger partial charge in [-0.15, -0.1) is 0 Å². The van der Waals surface area contributed by atoms with Gasteiger partial charge in [0.15, 0.2) is 5.58 Å². The molecular formula is C20H23N3O3. The van der Waals surface area contributed by atoms with Crippen molar-refractivity contribution in [3.8, 4) is 0 Å². The van der Waals surface area contributed by atoms with E-state index < -0.39 is 0 Å². The van der Waals surface area contributed by atoms with Crippen molar-refractivity contribution in [2.45, 2.75) is 26.3 Å². The van der Waals surface area contributed by atoms with Crippen molar-refractivity contribution in [3.05, 3.63) is 58.6 Å². The van der Waals surface area contributed by atoms with Gasteiger partial charge in [0.25, 0.3) is 0 Å². The molecule has 6 heteroatoms. The van der Waals surface area contributed by atoms with E-state index in [1.165, 1.54) is 0 Å². The van der Waals surface area contributed by atoms with E-state index in [0.717, 1.165) is 22.5 Å². The van der Waals surface area contributed by atoms with Gasteiger partial charge in [-0.1, -0.05) is 12.1 Å². The summed E-state index contributed by atoms with van der Waals surface area (Å²) in [6.07, 6.45) is 0.894. The molecule has 0 fully saturated rings.